The number of methoxy groups -OCH3 is 1. The van der Waals surface area contributed by atoms with Gasteiger partial charge in [0.05, 0.1) is 7.11 Å². The van der Waals surface area contributed by atoms with Crippen LogP contribution in [0.3, 0.4) is 0 Å². The number of fused-ring (bicyclic) bond motifs is 1. The second-order valence-electron chi connectivity index (χ2n) is 5.48. The lowest BCUT2D eigenvalue weighted by molar-refractivity contribution is -0.143. The van der Waals surface area contributed by atoms with Gasteiger partial charge in [-0.05, 0) is 43.5 Å². The summed E-state index contributed by atoms with van der Waals surface area (Å²) in [5.74, 6) is -0.486. The maximum Gasteiger partial charge on any atom is 0.326 e. The van der Waals surface area contributed by atoms with Crippen molar-refractivity contribution in [1.82, 2.24) is 9.88 Å². The Kier molecular flexibility index (Phi) is 3.75. The molecule has 1 amide bonds. The number of ether oxygens (including phenoxy) is 1. The van der Waals surface area contributed by atoms with Crippen LogP contribution in [-0.2, 0) is 4.79 Å². The summed E-state index contributed by atoms with van der Waals surface area (Å²) in [6.07, 6.45) is 2.18. The van der Waals surface area contributed by atoms with Gasteiger partial charge in [-0.15, -0.1) is 0 Å². The normalized spacial score (nSPS) is 18.4. The third kappa shape index (κ3) is 2.52. The number of nitrogens with one attached hydrogen (secondary N) is 1. The van der Waals surface area contributed by atoms with E-state index in [-0.39, 0.29) is 5.91 Å². The molecule has 1 aliphatic rings. The molecule has 1 aliphatic heterocycles. The number of aromatic nitrogens is 1. The molecule has 6 heteroatoms. The predicted molar refractivity (Wildman–Crippen MR) is 81.2 cm³/mol. The van der Waals surface area contributed by atoms with Gasteiger partial charge in [-0.3, -0.25) is 4.79 Å². The van der Waals surface area contributed by atoms with E-state index in [1.54, 1.807) is 13.2 Å². The Bertz CT molecular complexity index is 722. The highest BCUT2D eigenvalue weighted by Crippen LogP contribution is 2.24. The molecule has 2 N–H and O–H groups in total. The van der Waals surface area contributed by atoms with Gasteiger partial charge in [0.2, 0.25) is 0 Å². The Balaban J connectivity index is 1.92. The molecule has 0 radical (unpaired) electrons. The minimum Gasteiger partial charge on any atom is -0.497 e. The summed E-state index contributed by atoms with van der Waals surface area (Å²) in [5, 5.41) is 10.2. The van der Waals surface area contributed by atoms with Crippen molar-refractivity contribution in [3.05, 3.63) is 30.0 Å². The van der Waals surface area contributed by atoms with E-state index in [4.69, 9.17) is 4.74 Å². The molecule has 1 fully saturated rings. The highest BCUT2D eigenvalue weighted by molar-refractivity contribution is 5.99. The van der Waals surface area contributed by atoms with Crippen LogP contribution in [0.5, 0.6) is 5.75 Å². The fourth-order valence-corrected chi connectivity index (χ4v) is 2.94. The van der Waals surface area contributed by atoms with Crippen LogP contribution in [0.1, 0.15) is 29.8 Å². The summed E-state index contributed by atoms with van der Waals surface area (Å²) in [5.41, 5.74) is 1.24. The quantitative estimate of drug-likeness (QED) is 0.911. The van der Waals surface area contributed by atoms with Crippen LogP contribution < -0.4 is 4.74 Å². The van der Waals surface area contributed by atoms with Crippen molar-refractivity contribution >= 4 is 22.8 Å². The number of hydrogen-bond donors (Lipinski definition) is 2. The van der Waals surface area contributed by atoms with Gasteiger partial charge in [0.1, 0.15) is 17.5 Å². The maximum atomic E-state index is 12.6. The third-order valence-corrected chi connectivity index (χ3v) is 4.11. The van der Waals surface area contributed by atoms with E-state index >= 15 is 0 Å². The first-order valence-electron chi connectivity index (χ1n) is 7.30. The fraction of sp³-hybridized carbons (Fsp3) is 0.375. The summed E-state index contributed by atoms with van der Waals surface area (Å²) >= 11 is 0. The van der Waals surface area contributed by atoms with Crippen LogP contribution in [0.25, 0.3) is 10.9 Å². The molecule has 22 heavy (non-hydrogen) atoms. The summed E-state index contributed by atoms with van der Waals surface area (Å²) in [4.78, 5) is 28.5. The van der Waals surface area contributed by atoms with E-state index in [9.17, 15) is 14.7 Å². The summed E-state index contributed by atoms with van der Waals surface area (Å²) in [6.45, 7) is 0.481. The third-order valence-electron chi connectivity index (χ3n) is 4.11. The topological polar surface area (TPSA) is 82.6 Å². The van der Waals surface area contributed by atoms with Crippen molar-refractivity contribution in [3.8, 4) is 5.75 Å². The Labute approximate surface area is 127 Å². The molecule has 0 spiro atoms. The van der Waals surface area contributed by atoms with Crippen LogP contribution in [0.2, 0.25) is 0 Å². The molecule has 6 nitrogen and oxygen atoms in total. The average Bonchev–Trinajstić information content (AvgIpc) is 2.96. The number of aromatic amines is 1. The van der Waals surface area contributed by atoms with Crippen LogP contribution in [0.4, 0.5) is 0 Å². The van der Waals surface area contributed by atoms with Gasteiger partial charge in [0.25, 0.3) is 5.91 Å². The molecule has 1 saturated heterocycles. The monoisotopic (exact) mass is 302 g/mol. The zero-order chi connectivity index (χ0) is 15.7. The van der Waals surface area contributed by atoms with Gasteiger partial charge in [0, 0.05) is 17.4 Å². The first-order valence-corrected chi connectivity index (χ1v) is 7.30. The Morgan fingerprint density at radius 1 is 1.32 bits per heavy atom. The summed E-state index contributed by atoms with van der Waals surface area (Å²) in [7, 11) is 1.59. The number of carbonyl (C=O) groups excluding carboxylic acids is 1. The minimum absolute atomic E-state index is 0.262. The van der Waals surface area contributed by atoms with E-state index in [1.165, 1.54) is 4.90 Å². The molecular weight excluding hydrogens is 284 g/mol. The second-order valence-corrected chi connectivity index (χ2v) is 5.48. The van der Waals surface area contributed by atoms with Crippen LogP contribution in [0, 0.1) is 0 Å². The largest absolute Gasteiger partial charge is 0.497 e. The van der Waals surface area contributed by atoms with Gasteiger partial charge in [-0.1, -0.05) is 0 Å². The molecule has 1 atom stereocenters. The first-order chi connectivity index (χ1) is 10.6. The average molecular weight is 302 g/mol. The fourth-order valence-electron chi connectivity index (χ4n) is 2.94. The van der Waals surface area contributed by atoms with Gasteiger partial charge >= 0.3 is 5.97 Å². The van der Waals surface area contributed by atoms with Crippen molar-refractivity contribution < 1.29 is 19.4 Å². The number of likely N-dealkylation sites (tertiary alicyclic amines) is 1. The molecule has 3 rings (SSSR count). The van der Waals surface area contributed by atoms with Crippen molar-refractivity contribution in [1.29, 1.82) is 0 Å². The number of H-pyrrole nitrogens is 1. The van der Waals surface area contributed by atoms with E-state index in [0.29, 0.717) is 24.4 Å². The Hall–Kier alpha value is -2.50. The highest BCUT2D eigenvalue weighted by Gasteiger charge is 2.33. The lowest BCUT2D eigenvalue weighted by atomic mass is 10.0. The van der Waals surface area contributed by atoms with E-state index in [0.717, 1.165) is 23.7 Å². The van der Waals surface area contributed by atoms with Crippen LogP contribution in [-0.4, -0.2) is 46.6 Å². The number of carboxylic acids is 1. The number of carbonyl (C=O) groups is 2. The number of rotatable bonds is 3. The molecule has 1 aromatic carbocycles. The van der Waals surface area contributed by atoms with Gasteiger partial charge in [-0.25, -0.2) is 4.79 Å². The SMILES string of the molecule is COc1ccc2[nH]c(C(=O)N3CCCC[C@@H]3C(=O)O)cc2c1. The number of amides is 1. The number of carboxylic acid groups (broad SMARTS) is 1. The number of benzene rings is 1. The maximum absolute atomic E-state index is 12.6. The molecule has 2 heterocycles. The van der Waals surface area contributed by atoms with Crippen molar-refractivity contribution in [2.45, 2.75) is 25.3 Å². The molecule has 0 unspecified atom stereocenters. The van der Waals surface area contributed by atoms with E-state index < -0.39 is 12.0 Å². The smallest absolute Gasteiger partial charge is 0.326 e. The van der Waals surface area contributed by atoms with Crippen molar-refractivity contribution in [2.75, 3.05) is 13.7 Å². The summed E-state index contributed by atoms with van der Waals surface area (Å²) < 4.78 is 5.17. The predicted octanol–water partition coefficient (Wildman–Crippen LogP) is 2.26. The summed E-state index contributed by atoms with van der Waals surface area (Å²) in [6, 6.07) is 6.51. The zero-order valence-electron chi connectivity index (χ0n) is 12.3. The first kappa shape index (κ1) is 14.4. The Morgan fingerprint density at radius 3 is 2.86 bits per heavy atom. The zero-order valence-corrected chi connectivity index (χ0v) is 12.3. The van der Waals surface area contributed by atoms with Gasteiger partial charge in [0.15, 0.2) is 0 Å². The van der Waals surface area contributed by atoms with Crippen molar-refractivity contribution in [3.63, 3.8) is 0 Å². The number of aliphatic carboxylic acids is 1. The van der Waals surface area contributed by atoms with Crippen molar-refractivity contribution in [2.24, 2.45) is 0 Å². The number of piperidine rings is 1. The van der Waals surface area contributed by atoms with Gasteiger partial charge in [-0.2, -0.15) is 0 Å². The van der Waals surface area contributed by atoms with Crippen LogP contribution >= 0.6 is 0 Å². The molecular formula is C16H18N2O4. The molecule has 0 bridgehead atoms. The van der Waals surface area contributed by atoms with E-state index in [1.807, 2.05) is 18.2 Å². The second kappa shape index (κ2) is 5.71. The molecule has 2 aromatic rings. The molecule has 0 aliphatic carbocycles. The number of nitrogens with zero attached hydrogens (tertiary/aromatic N) is 1. The number of hydrogen-bond acceptors (Lipinski definition) is 3. The minimum atomic E-state index is -0.939. The van der Waals surface area contributed by atoms with Crippen LogP contribution in [0.15, 0.2) is 24.3 Å². The lowest BCUT2D eigenvalue weighted by Gasteiger charge is -2.32. The standard InChI is InChI=1S/C16H18N2O4/c1-22-11-5-6-12-10(8-11)9-13(17-12)15(19)18-7-3-2-4-14(18)16(20)21/h5-6,8-9,14,17H,2-4,7H2,1H3,(H,20,21)/t14-/m1/s1. The molecule has 0 saturated carbocycles. The molecule has 1 aromatic heterocycles. The Morgan fingerprint density at radius 2 is 2.14 bits per heavy atom. The lowest BCUT2D eigenvalue weighted by Crippen LogP contribution is -2.48. The highest BCUT2D eigenvalue weighted by atomic mass is 16.5. The molecule has 116 valence electrons. The van der Waals surface area contributed by atoms with E-state index in [2.05, 4.69) is 4.98 Å². The van der Waals surface area contributed by atoms with Gasteiger partial charge < -0.3 is 19.7 Å².